The molecule has 1 unspecified atom stereocenters. The zero-order chi connectivity index (χ0) is 27.0. The normalized spacial score (nSPS) is 12.1. The van der Waals surface area contributed by atoms with Crippen molar-refractivity contribution in [3.8, 4) is 5.75 Å². The van der Waals surface area contributed by atoms with Crippen LogP contribution in [0.4, 0.5) is 0 Å². The first-order chi connectivity index (χ1) is 19.0. The second-order valence-electron chi connectivity index (χ2n) is 8.88. The minimum atomic E-state index is -1.03. The number of rotatable bonds is 11. The van der Waals surface area contributed by atoms with Gasteiger partial charge >= 0.3 is 5.97 Å². The van der Waals surface area contributed by atoms with Crippen LogP contribution in [-0.2, 0) is 11.2 Å². The molecular formula is C32H26ClNO4S. The molecule has 0 amide bonds. The summed E-state index contributed by atoms with van der Waals surface area (Å²) in [6.45, 7) is 0.688. The topological polar surface area (TPSA) is 68.7 Å². The molecule has 0 aliphatic heterocycles. The first kappa shape index (κ1) is 26.6. The van der Waals surface area contributed by atoms with Crippen LogP contribution in [0.15, 0.2) is 96.4 Å². The number of aromatic nitrogens is 1. The first-order valence-electron chi connectivity index (χ1n) is 12.5. The molecule has 0 spiro atoms. The maximum Gasteiger partial charge on any atom is 0.339 e. The van der Waals surface area contributed by atoms with Crippen LogP contribution in [0.1, 0.15) is 38.2 Å². The number of carboxylic acid groups (broad SMARTS) is 1. The van der Waals surface area contributed by atoms with Gasteiger partial charge < -0.3 is 14.6 Å². The predicted octanol–water partition coefficient (Wildman–Crippen LogP) is 8.20. The quantitative estimate of drug-likeness (QED) is 0.178. The molecule has 3 aromatic carbocycles. The fourth-order valence-electron chi connectivity index (χ4n) is 4.18. The predicted molar refractivity (Wildman–Crippen MR) is 158 cm³/mol. The van der Waals surface area contributed by atoms with Gasteiger partial charge in [-0.05, 0) is 65.0 Å². The zero-order valence-corrected chi connectivity index (χ0v) is 22.6. The Morgan fingerprint density at radius 1 is 0.974 bits per heavy atom. The third kappa shape index (κ3) is 7.12. The molecule has 1 atom stereocenters. The molecule has 7 heteroatoms. The second-order valence-corrected chi connectivity index (χ2v) is 10.3. The lowest BCUT2D eigenvalue weighted by Crippen LogP contribution is -2.16. The molecular weight excluding hydrogens is 530 g/mol. The summed E-state index contributed by atoms with van der Waals surface area (Å²) in [4.78, 5) is 17.6. The Bertz CT molecular complexity index is 1600. The van der Waals surface area contributed by atoms with Crippen molar-refractivity contribution < 1.29 is 19.4 Å². The van der Waals surface area contributed by atoms with Crippen LogP contribution in [0.2, 0.25) is 5.02 Å². The van der Waals surface area contributed by atoms with Crippen LogP contribution in [0.3, 0.4) is 0 Å². The average Bonchev–Trinajstić information content (AvgIpc) is 3.47. The highest BCUT2D eigenvalue weighted by Gasteiger charge is 2.17. The maximum absolute atomic E-state index is 11.6. The van der Waals surface area contributed by atoms with Crippen LogP contribution in [0, 0.1) is 0 Å². The van der Waals surface area contributed by atoms with Gasteiger partial charge in [-0.2, -0.15) is 0 Å². The molecule has 0 saturated carbocycles. The van der Waals surface area contributed by atoms with Gasteiger partial charge in [-0.25, -0.2) is 9.78 Å². The zero-order valence-electron chi connectivity index (χ0n) is 21.0. The monoisotopic (exact) mass is 555 g/mol. The van der Waals surface area contributed by atoms with Gasteiger partial charge in [-0.15, -0.1) is 11.3 Å². The van der Waals surface area contributed by atoms with Crippen molar-refractivity contribution >= 4 is 52.0 Å². The number of carbonyl (C=O) groups is 1. The largest absolute Gasteiger partial charge is 0.490 e. The molecule has 0 saturated heterocycles. The Hall–Kier alpha value is -3.97. The highest BCUT2D eigenvalue weighted by molar-refractivity contribution is 7.09. The second kappa shape index (κ2) is 12.7. The number of hydrogen-bond acceptors (Lipinski definition) is 5. The standard InChI is InChI=1S/C32H26ClNO4S/c33-25-13-11-23-12-15-26(34-29(23)20-25)14-10-22-5-3-6-24(19-22)31(37-17-16-27-7-4-18-39-27)21-38-30-9-2-1-8-28(30)32(35)36/h1-15,18-20,31H,16-17,21H2,(H,35,36)/b14-10+. The van der Waals surface area contributed by atoms with E-state index in [0.29, 0.717) is 17.4 Å². The number of thiophene rings is 1. The number of nitrogens with zero attached hydrogens (tertiary/aromatic N) is 1. The number of para-hydroxylation sites is 1. The lowest BCUT2D eigenvalue weighted by molar-refractivity contribution is 0.0204. The summed E-state index contributed by atoms with van der Waals surface area (Å²) < 4.78 is 12.3. The van der Waals surface area contributed by atoms with Crippen molar-refractivity contribution in [2.24, 2.45) is 0 Å². The van der Waals surface area contributed by atoms with E-state index in [2.05, 4.69) is 12.1 Å². The van der Waals surface area contributed by atoms with Gasteiger partial charge in [0, 0.05) is 21.7 Å². The molecule has 196 valence electrons. The van der Waals surface area contributed by atoms with E-state index in [1.807, 2.05) is 72.1 Å². The Kier molecular flexibility index (Phi) is 8.68. The van der Waals surface area contributed by atoms with E-state index in [4.69, 9.17) is 26.1 Å². The Morgan fingerprint density at radius 2 is 1.85 bits per heavy atom. The summed E-state index contributed by atoms with van der Waals surface area (Å²) in [5.74, 6) is -0.715. The van der Waals surface area contributed by atoms with Crippen molar-refractivity contribution in [3.63, 3.8) is 0 Å². The van der Waals surface area contributed by atoms with Crippen molar-refractivity contribution in [1.82, 2.24) is 4.98 Å². The van der Waals surface area contributed by atoms with E-state index in [1.54, 1.807) is 29.5 Å². The minimum absolute atomic E-state index is 0.121. The molecule has 39 heavy (non-hydrogen) atoms. The number of halogens is 1. The van der Waals surface area contributed by atoms with Crippen LogP contribution >= 0.6 is 22.9 Å². The van der Waals surface area contributed by atoms with Crippen LogP contribution in [0.25, 0.3) is 23.1 Å². The van der Waals surface area contributed by atoms with Gasteiger partial charge in [0.1, 0.15) is 24.0 Å². The first-order valence-corrected chi connectivity index (χ1v) is 13.7. The maximum atomic E-state index is 11.6. The van der Waals surface area contributed by atoms with Crippen molar-refractivity contribution in [2.45, 2.75) is 12.5 Å². The van der Waals surface area contributed by atoms with Gasteiger partial charge in [-0.1, -0.05) is 66.2 Å². The molecule has 0 bridgehead atoms. The Labute approximate surface area is 235 Å². The summed E-state index contributed by atoms with van der Waals surface area (Å²) in [6, 6.07) is 28.5. The fourth-order valence-corrected chi connectivity index (χ4v) is 5.03. The van der Waals surface area contributed by atoms with Crippen molar-refractivity contribution in [3.05, 3.63) is 129 Å². The number of pyridine rings is 1. The highest BCUT2D eigenvalue weighted by atomic mass is 35.5. The summed E-state index contributed by atoms with van der Waals surface area (Å²) in [5.41, 5.74) is 3.72. The minimum Gasteiger partial charge on any atom is -0.490 e. The summed E-state index contributed by atoms with van der Waals surface area (Å²) >= 11 is 7.83. The van der Waals surface area contributed by atoms with Gasteiger partial charge in [0.2, 0.25) is 0 Å². The average molecular weight is 556 g/mol. The number of carboxylic acids is 1. The molecule has 5 aromatic rings. The van der Waals surface area contributed by atoms with E-state index in [1.165, 1.54) is 10.9 Å². The Balaban J connectivity index is 1.35. The van der Waals surface area contributed by atoms with Crippen molar-refractivity contribution in [2.75, 3.05) is 13.2 Å². The molecule has 5 nitrogen and oxygen atoms in total. The lowest BCUT2D eigenvalue weighted by atomic mass is 10.1. The number of hydrogen-bond donors (Lipinski definition) is 1. The molecule has 1 N–H and O–H groups in total. The molecule has 0 aliphatic rings. The highest BCUT2D eigenvalue weighted by Crippen LogP contribution is 2.25. The van der Waals surface area contributed by atoms with Crippen molar-refractivity contribution in [1.29, 1.82) is 0 Å². The Morgan fingerprint density at radius 3 is 2.69 bits per heavy atom. The van der Waals surface area contributed by atoms with Gasteiger partial charge in [0.05, 0.1) is 17.8 Å². The summed E-state index contributed by atoms with van der Waals surface area (Å²) in [5, 5.41) is 13.3. The summed E-state index contributed by atoms with van der Waals surface area (Å²) in [6.07, 6.45) is 4.37. The smallest absolute Gasteiger partial charge is 0.339 e. The van der Waals surface area contributed by atoms with E-state index >= 15 is 0 Å². The van der Waals surface area contributed by atoms with E-state index < -0.39 is 5.97 Å². The molecule has 0 aliphatic carbocycles. The fraction of sp³-hybridized carbons (Fsp3) is 0.125. The number of aromatic carboxylic acids is 1. The van der Waals surface area contributed by atoms with E-state index in [0.717, 1.165) is 34.1 Å². The summed E-state index contributed by atoms with van der Waals surface area (Å²) in [7, 11) is 0. The third-order valence-electron chi connectivity index (χ3n) is 6.16. The van der Waals surface area contributed by atoms with Gasteiger partial charge in [-0.3, -0.25) is 0 Å². The molecule has 2 heterocycles. The number of fused-ring (bicyclic) bond motifs is 1. The third-order valence-corrected chi connectivity index (χ3v) is 7.33. The van der Waals surface area contributed by atoms with E-state index in [9.17, 15) is 9.90 Å². The SMILES string of the molecule is O=C(O)c1ccccc1OCC(OCCc1cccs1)c1cccc(/C=C/c2ccc3ccc(Cl)cc3n2)c1. The van der Waals surface area contributed by atoms with Gasteiger partial charge in [0.15, 0.2) is 0 Å². The molecule has 2 aromatic heterocycles. The van der Waals surface area contributed by atoms with E-state index in [-0.39, 0.29) is 18.3 Å². The molecule has 0 radical (unpaired) electrons. The number of benzene rings is 3. The number of ether oxygens (including phenoxy) is 2. The van der Waals surface area contributed by atoms with Crippen LogP contribution in [-0.4, -0.2) is 29.3 Å². The van der Waals surface area contributed by atoms with Crippen LogP contribution < -0.4 is 4.74 Å². The van der Waals surface area contributed by atoms with Gasteiger partial charge in [0.25, 0.3) is 0 Å². The molecule has 0 fully saturated rings. The van der Waals surface area contributed by atoms with Crippen LogP contribution in [0.5, 0.6) is 5.75 Å². The molecule has 5 rings (SSSR count). The lowest BCUT2D eigenvalue weighted by Gasteiger charge is -2.20.